The van der Waals surface area contributed by atoms with Crippen molar-refractivity contribution in [3.8, 4) is 5.75 Å². The standard InChI is InChI=1S/C15H25NO4S/c1-11(2)5-6-12(3)16-21(18,19)15-8-7-13(10-17)9-14(15)20-4/h7-9,11-12,16-17H,5-6,10H2,1-4H3. The zero-order valence-electron chi connectivity index (χ0n) is 13.1. The molecule has 1 rings (SSSR count). The van der Waals surface area contributed by atoms with Gasteiger partial charge in [-0.1, -0.05) is 19.9 Å². The summed E-state index contributed by atoms with van der Waals surface area (Å²) in [6.07, 6.45) is 1.75. The Labute approximate surface area is 127 Å². The first-order valence-corrected chi connectivity index (χ1v) is 8.58. The molecular formula is C15H25NO4S. The van der Waals surface area contributed by atoms with E-state index in [0.717, 1.165) is 12.8 Å². The van der Waals surface area contributed by atoms with E-state index >= 15 is 0 Å². The summed E-state index contributed by atoms with van der Waals surface area (Å²) >= 11 is 0. The van der Waals surface area contributed by atoms with Crippen LogP contribution >= 0.6 is 0 Å². The number of hydrogen-bond donors (Lipinski definition) is 2. The molecule has 0 aliphatic heterocycles. The van der Waals surface area contributed by atoms with Crippen LogP contribution in [0, 0.1) is 5.92 Å². The summed E-state index contributed by atoms with van der Waals surface area (Å²) in [5.41, 5.74) is 0.610. The van der Waals surface area contributed by atoms with Crippen molar-refractivity contribution in [2.24, 2.45) is 5.92 Å². The van der Waals surface area contributed by atoms with Gasteiger partial charge < -0.3 is 9.84 Å². The molecule has 1 aromatic rings. The molecule has 0 aliphatic carbocycles. The highest BCUT2D eigenvalue weighted by atomic mass is 32.2. The van der Waals surface area contributed by atoms with Gasteiger partial charge in [-0.3, -0.25) is 0 Å². The second-order valence-electron chi connectivity index (χ2n) is 5.64. The largest absolute Gasteiger partial charge is 0.495 e. The van der Waals surface area contributed by atoms with Gasteiger partial charge in [-0.2, -0.15) is 0 Å². The Morgan fingerprint density at radius 3 is 2.43 bits per heavy atom. The number of aliphatic hydroxyl groups is 1. The van der Waals surface area contributed by atoms with Gasteiger partial charge in [-0.15, -0.1) is 0 Å². The maximum Gasteiger partial charge on any atom is 0.244 e. The molecule has 0 spiro atoms. The Morgan fingerprint density at radius 1 is 1.24 bits per heavy atom. The lowest BCUT2D eigenvalue weighted by molar-refractivity contribution is 0.280. The molecule has 0 radical (unpaired) electrons. The Bertz CT molecular complexity index is 555. The number of rotatable bonds is 8. The molecule has 2 N–H and O–H groups in total. The van der Waals surface area contributed by atoms with Crippen LogP contribution < -0.4 is 9.46 Å². The summed E-state index contributed by atoms with van der Waals surface area (Å²) in [6, 6.07) is 4.44. The van der Waals surface area contributed by atoms with Crippen LogP contribution in [-0.4, -0.2) is 26.7 Å². The molecule has 1 aromatic carbocycles. The molecule has 0 aliphatic rings. The predicted octanol–water partition coefficient (Wildman–Crippen LogP) is 2.29. The summed E-state index contributed by atoms with van der Waals surface area (Å²) in [7, 11) is -2.22. The molecule has 1 unspecified atom stereocenters. The van der Waals surface area contributed by atoms with Crippen LogP contribution in [-0.2, 0) is 16.6 Å². The van der Waals surface area contributed by atoms with Gasteiger partial charge in [0.25, 0.3) is 0 Å². The normalized spacial score (nSPS) is 13.4. The first kappa shape index (κ1) is 17.9. The van der Waals surface area contributed by atoms with Crippen LogP contribution in [0.4, 0.5) is 0 Å². The van der Waals surface area contributed by atoms with Crippen LogP contribution in [0.3, 0.4) is 0 Å². The Kier molecular flexibility index (Phi) is 6.64. The third kappa shape index (κ3) is 5.30. The minimum absolute atomic E-state index is 0.0959. The van der Waals surface area contributed by atoms with Crippen molar-refractivity contribution < 1.29 is 18.3 Å². The minimum atomic E-state index is -3.63. The number of aliphatic hydroxyl groups excluding tert-OH is 1. The average Bonchev–Trinajstić information content (AvgIpc) is 2.43. The van der Waals surface area contributed by atoms with Crippen LogP contribution in [0.5, 0.6) is 5.75 Å². The van der Waals surface area contributed by atoms with Crippen molar-refractivity contribution >= 4 is 10.0 Å². The van der Waals surface area contributed by atoms with Crippen molar-refractivity contribution in [2.75, 3.05) is 7.11 Å². The van der Waals surface area contributed by atoms with Gasteiger partial charge in [-0.25, -0.2) is 13.1 Å². The van der Waals surface area contributed by atoms with Gasteiger partial charge in [0.15, 0.2) is 0 Å². The molecule has 0 heterocycles. The molecule has 0 fully saturated rings. The van der Waals surface area contributed by atoms with Crippen LogP contribution in [0.25, 0.3) is 0 Å². The highest BCUT2D eigenvalue weighted by Gasteiger charge is 2.22. The summed E-state index contributed by atoms with van der Waals surface area (Å²) in [4.78, 5) is 0.0959. The molecule has 0 amide bonds. The fourth-order valence-electron chi connectivity index (χ4n) is 2.00. The Morgan fingerprint density at radius 2 is 1.90 bits per heavy atom. The molecular weight excluding hydrogens is 290 g/mol. The first-order chi connectivity index (χ1) is 9.80. The lowest BCUT2D eigenvalue weighted by atomic mass is 10.1. The van der Waals surface area contributed by atoms with E-state index < -0.39 is 10.0 Å². The summed E-state index contributed by atoms with van der Waals surface area (Å²) in [5.74, 6) is 0.778. The topological polar surface area (TPSA) is 75.6 Å². The number of ether oxygens (including phenoxy) is 1. The van der Waals surface area contributed by atoms with Crippen molar-refractivity contribution in [2.45, 2.75) is 51.2 Å². The maximum absolute atomic E-state index is 12.4. The number of benzene rings is 1. The van der Waals surface area contributed by atoms with Gasteiger partial charge >= 0.3 is 0 Å². The number of methoxy groups -OCH3 is 1. The molecule has 0 saturated carbocycles. The van der Waals surface area contributed by atoms with Crippen molar-refractivity contribution in [3.63, 3.8) is 0 Å². The molecule has 0 aromatic heterocycles. The average molecular weight is 315 g/mol. The molecule has 0 bridgehead atoms. The fourth-order valence-corrected chi connectivity index (χ4v) is 3.43. The molecule has 1 atom stereocenters. The number of nitrogens with one attached hydrogen (secondary N) is 1. The lowest BCUT2D eigenvalue weighted by Crippen LogP contribution is -2.33. The molecule has 6 heteroatoms. The van der Waals surface area contributed by atoms with Gasteiger partial charge in [0.05, 0.1) is 13.7 Å². The third-order valence-corrected chi connectivity index (χ3v) is 4.86. The van der Waals surface area contributed by atoms with Gasteiger partial charge in [0.2, 0.25) is 10.0 Å². The minimum Gasteiger partial charge on any atom is -0.495 e. The molecule has 21 heavy (non-hydrogen) atoms. The lowest BCUT2D eigenvalue weighted by Gasteiger charge is -2.17. The van der Waals surface area contributed by atoms with Crippen molar-refractivity contribution in [1.29, 1.82) is 0 Å². The highest BCUT2D eigenvalue weighted by molar-refractivity contribution is 7.89. The van der Waals surface area contributed by atoms with Crippen molar-refractivity contribution in [1.82, 2.24) is 4.72 Å². The SMILES string of the molecule is COc1cc(CO)ccc1S(=O)(=O)NC(C)CCC(C)C. The Hall–Kier alpha value is -1.11. The van der Waals surface area contributed by atoms with E-state index in [-0.39, 0.29) is 23.3 Å². The molecule has 120 valence electrons. The second kappa shape index (κ2) is 7.77. The van der Waals surface area contributed by atoms with E-state index in [9.17, 15) is 8.42 Å². The Balaban J connectivity index is 2.92. The second-order valence-corrected chi connectivity index (χ2v) is 7.32. The number of hydrogen-bond acceptors (Lipinski definition) is 4. The molecule has 0 saturated heterocycles. The zero-order valence-corrected chi connectivity index (χ0v) is 13.9. The van der Waals surface area contributed by atoms with E-state index in [0.29, 0.717) is 11.5 Å². The number of sulfonamides is 1. The molecule has 5 nitrogen and oxygen atoms in total. The summed E-state index contributed by atoms with van der Waals surface area (Å²) in [5, 5.41) is 9.10. The third-order valence-electron chi connectivity index (χ3n) is 3.23. The zero-order chi connectivity index (χ0) is 16.0. The van der Waals surface area contributed by atoms with Crippen LogP contribution in [0.1, 0.15) is 39.2 Å². The first-order valence-electron chi connectivity index (χ1n) is 7.10. The van der Waals surface area contributed by atoms with Crippen LogP contribution in [0.2, 0.25) is 0 Å². The van der Waals surface area contributed by atoms with E-state index in [2.05, 4.69) is 18.6 Å². The van der Waals surface area contributed by atoms with E-state index in [1.807, 2.05) is 6.92 Å². The summed E-state index contributed by atoms with van der Waals surface area (Å²) in [6.45, 7) is 5.92. The monoisotopic (exact) mass is 315 g/mol. The fraction of sp³-hybridized carbons (Fsp3) is 0.600. The summed E-state index contributed by atoms with van der Waals surface area (Å²) < 4.78 is 32.6. The van der Waals surface area contributed by atoms with Gasteiger partial charge in [0, 0.05) is 6.04 Å². The van der Waals surface area contributed by atoms with E-state index in [1.54, 1.807) is 6.07 Å². The van der Waals surface area contributed by atoms with Gasteiger partial charge in [0.1, 0.15) is 10.6 Å². The smallest absolute Gasteiger partial charge is 0.244 e. The van der Waals surface area contributed by atoms with Gasteiger partial charge in [-0.05, 0) is 43.4 Å². The highest BCUT2D eigenvalue weighted by Crippen LogP contribution is 2.25. The van der Waals surface area contributed by atoms with E-state index in [1.165, 1.54) is 19.2 Å². The van der Waals surface area contributed by atoms with E-state index in [4.69, 9.17) is 9.84 Å². The van der Waals surface area contributed by atoms with Crippen molar-refractivity contribution in [3.05, 3.63) is 23.8 Å². The quantitative estimate of drug-likeness (QED) is 0.772. The predicted molar refractivity (Wildman–Crippen MR) is 82.8 cm³/mol. The van der Waals surface area contributed by atoms with Crippen LogP contribution in [0.15, 0.2) is 23.1 Å². The maximum atomic E-state index is 12.4.